The van der Waals surface area contributed by atoms with E-state index in [2.05, 4.69) is 10.2 Å². The first kappa shape index (κ1) is 22.4. The Morgan fingerprint density at radius 2 is 1.82 bits per heavy atom. The van der Waals surface area contributed by atoms with Crippen LogP contribution in [-0.4, -0.2) is 63.4 Å². The van der Waals surface area contributed by atoms with Crippen molar-refractivity contribution in [1.29, 1.82) is 0 Å². The van der Waals surface area contributed by atoms with Gasteiger partial charge in [0.25, 0.3) is 0 Å². The van der Waals surface area contributed by atoms with E-state index in [0.717, 1.165) is 11.3 Å². The average Bonchev–Trinajstić information content (AvgIpc) is 3.46. The number of carbonyl (C=O) groups is 1. The van der Waals surface area contributed by atoms with Crippen molar-refractivity contribution < 1.29 is 14.3 Å². The van der Waals surface area contributed by atoms with Gasteiger partial charge in [-0.05, 0) is 25.1 Å². The Morgan fingerprint density at radius 3 is 2.52 bits per heavy atom. The third kappa shape index (κ3) is 4.80. The van der Waals surface area contributed by atoms with Gasteiger partial charge in [0.2, 0.25) is 5.91 Å². The number of benzene rings is 2. The number of piperidine rings is 1. The van der Waals surface area contributed by atoms with Crippen LogP contribution < -0.4 is 0 Å². The highest BCUT2D eigenvalue weighted by molar-refractivity contribution is 7.99. The summed E-state index contributed by atoms with van der Waals surface area (Å²) in [6.07, 6.45) is 1.42. The minimum Gasteiger partial charge on any atom is -0.347 e. The van der Waals surface area contributed by atoms with Crippen LogP contribution >= 0.6 is 23.4 Å². The molecule has 2 aliphatic heterocycles. The first-order valence-electron chi connectivity index (χ1n) is 11.0. The Morgan fingerprint density at radius 1 is 1.09 bits per heavy atom. The van der Waals surface area contributed by atoms with Crippen molar-refractivity contribution in [2.75, 3.05) is 32.1 Å². The van der Waals surface area contributed by atoms with E-state index < -0.39 is 5.79 Å². The first-order valence-corrected chi connectivity index (χ1v) is 12.4. The van der Waals surface area contributed by atoms with Gasteiger partial charge in [-0.25, -0.2) is 0 Å². The number of carbonyl (C=O) groups excluding carboxylic acids is 1. The van der Waals surface area contributed by atoms with E-state index in [9.17, 15) is 4.79 Å². The van der Waals surface area contributed by atoms with E-state index >= 15 is 0 Å². The van der Waals surface area contributed by atoms with Gasteiger partial charge >= 0.3 is 0 Å². The monoisotopic (exact) mass is 484 g/mol. The minimum atomic E-state index is -0.486. The molecule has 0 atom stereocenters. The molecule has 2 saturated heterocycles. The van der Waals surface area contributed by atoms with Gasteiger partial charge in [-0.15, -0.1) is 10.2 Å². The summed E-state index contributed by atoms with van der Waals surface area (Å²) >= 11 is 7.66. The van der Waals surface area contributed by atoms with Gasteiger partial charge in [-0.1, -0.05) is 59.3 Å². The Kier molecular flexibility index (Phi) is 6.42. The summed E-state index contributed by atoms with van der Waals surface area (Å²) < 4.78 is 13.5. The first-order chi connectivity index (χ1) is 16.0. The molecule has 172 valence electrons. The predicted molar refractivity (Wildman–Crippen MR) is 128 cm³/mol. The van der Waals surface area contributed by atoms with Crippen molar-refractivity contribution >= 4 is 29.3 Å². The van der Waals surface area contributed by atoms with E-state index in [4.69, 9.17) is 21.1 Å². The molecule has 7 nitrogen and oxygen atoms in total. The molecule has 5 rings (SSSR count). The van der Waals surface area contributed by atoms with Gasteiger partial charge in [-0.3, -0.25) is 9.36 Å². The van der Waals surface area contributed by atoms with Crippen molar-refractivity contribution in [3.05, 3.63) is 59.1 Å². The van der Waals surface area contributed by atoms with E-state index in [1.165, 1.54) is 17.3 Å². The number of aromatic nitrogens is 3. The number of ether oxygens (including phenoxy) is 2. The molecular weight excluding hydrogens is 460 g/mol. The highest BCUT2D eigenvalue weighted by Gasteiger charge is 2.40. The standard InChI is InChI=1S/C24H25ClN4O3S/c1-17-5-7-18(8-6-17)22-26-27-23(29(22)20-4-2-3-19(25)15-20)33-16-21(30)28-11-9-24(10-12-28)31-13-14-32-24/h2-8,15H,9-14,16H2,1H3. The molecule has 0 N–H and O–H groups in total. The van der Waals surface area contributed by atoms with E-state index in [1.54, 1.807) is 0 Å². The molecule has 2 fully saturated rings. The van der Waals surface area contributed by atoms with Crippen LogP contribution in [0.3, 0.4) is 0 Å². The zero-order valence-corrected chi connectivity index (χ0v) is 19.9. The molecule has 1 aromatic heterocycles. The number of aryl methyl sites for hydroxylation is 1. The van der Waals surface area contributed by atoms with Gasteiger partial charge in [-0.2, -0.15) is 0 Å². The van der Waals surface area contributed by atoms with E-state index in [-0.39, 0.29) is 11.7 Å². The van der Waals surface area contributed by atoms with Crippen LogP contribution in [0.4, 0.5) is 0 Å². The maximum Gasteiger partial charge on any atom is 0.233 e. The molecule has 33 heavy (non-hydrogen) atoms. The maximum atomic E-state index is 12.9. The van der Waals surface area contributed by atoms with Crippen LogP contribution in [0.25, 0.3) is 17.1 Å². The SMILES string of the molecule is Cc1ccc(-c2nnc(SCC(=O)N3CCC4(CC3)OCCO4)n2-c2cccc(Cl)c2)cc1. The molecule has 0 aliphatic carbocycles. The average molecular weight is 485 g/mol. The summed E-state index contributed by atoms with van der Waals surface area (Å²) in [5.41, 5.74) is 2.97. The molecule has 0 bridgehead atoms. The summed E-state index contributed by atoms with van der Waals surface area (Å²) in [6.45, 7) is 4.58. The zero-order valence-electron chi connectivity index (χ0n) is 18.4. The zero-order chi connectivity index (χ0) is 22.8. The lowest BCUT2D eigenvalue weighted by atomic mass is 10.0. The summed E-state index contributed by atoms with van der Waals surface area (Å²) in [6, 6.07) is 15.7. The second-order valence-electron chi connectivity index (χ2n) is 8.26. The van der Waals surface area contributed by atoms with Gasteiger partial charge in [0.1, 0.15) is 0 Å². The van der Waals surface area contributed by atoms with Crippen LogP contribution in [0.2, 0.25) is 5.02 Å². The van der Waals surface area contributed by atoms with Crippen molar-refractivity contribution in [2.24, 2.45) is 0 Å². The van der Waals surface area contributed by atoms with E-state index in [1.807, 2.05) is 64.9 Å². The summed E-state index contributed by atoms with van der Waals surface area (Å²) in [4.78, 5) is 14.8. The summed E-state index contributed by atoms with van der Waals surface area (Å²) in [7, 11) is 0. The third-order valence-electron chi connectivity index (χ3n) is 6.03. The lowest BCUT2D eigenvalue weighted by Crippen LogP contribution is -2.47. The quantitative estimate of drug-likeness (QED) is 0.501. The van der Waals surface area contributed by atoms with Gasteiger partial charge < -0.3 is 14.4 Å². The minimum absolute atomic E-state index is 0.0744. The lowest BCUT2D eigenvalue weighted by molar-refractivity contribution is -0.186. The molecule has 0 radical (unpaired) electrons. The molecule has 2 aromatic carbocycles. The van der Waals surface area contributed by atoms with Crippen molar-refractivity contribution in [3.8, 4) is 17.1 Å². The number of hydrogen-bond acceptors (Lipinski definition) is 6. The molecule has 1 spiro atoms. The van der Waals surface area contributed by atoms with Crippen LogP contribution in [0, 0.1) is 6.92 Å². The smallest absolute Gasteiger partial charge is 0.233 e. The molecule has 9 heteroatoms. The predicted octanol–water partition coefficient (Wildman–Crippen LogP) is 4.35. The molecule has 3 aromatic rings. The third-order valence-corrected chi connectivity index (χ3v) is 7.17. The largest absolute Gasteiger partial charge is 0.347 e. The Balaban J connectivity index is 1.34. The fourth-order valence-corrected chi connectivity index (χ4v) is 5.24. The number of halogens is 1. The van der Waals surface area contributed by atoms with Crippen LogP contribution in [0.5, 0.6) is 0 Å². The van der Waals surface area contributed by atoms with Crippen molar-refractivity contribution in [1.82, 2.24) is 19.7 Å². The number of nitrogens with zero attached hydrogens (tertiary/aromatic N) is 4. The highest BCUT2D eigenvalue weighted by Crippen LogP contribution is 2.33. The van der Waals surface area contributed by atoms with Crippen LogP contribution in [0.1, 0.15) is 18.4 Å². The second-order valence-corrected chi connectivity index (χ2v) is 9.64. The number of thioether (sulfide) groups is 1. The Labute approximate surface area is 202 Å². The van der Waals surface area contributed by atoms with Gasteiger partial charge in [0, 0.05) is 36.5 Å². The van der Waals surface area contributed by atoms with Crippen LogP contribution in [0.15, 0.2) is 53.7 Å². The molecular formula is C24H25ClN4O3S. The van der Waals surface area contributed by atoms with Gasteiger partial charge in [0.05, 0.1) is 24.7 Å². The molecule has 0 saturated carbocycles. The maximum absolute atomic E-state index is 12.9. The summed E-state index contributed by atoms with van der Waals surface area (Å²) in [5.74, 6) is 0.578. The van der Waals surface area contributed by atoms with Crippen LogP contribution in [-0.2, 0) is 14.3 Å². The summed E-state index contributed by atoms with van der Waals surface area (Å²) in [5, 5.41) is 10.1. The second kappa shape index (κ2) is 9.46. The van der Waals surface area contributed by atoms with Gasteiger partial charge in [0.15, 0.2) is 16.8 Å². The highest BCUT2D eigenvalue weighted by atomic mass is 35.5. The fourth-order valence-electron chi connectivity index (χ4n) is 4.20. The van der Waals surface area contributed by atoms with Crippen molar-refractivity contribution in [3.63, 3.8) is 0 Å². The lowest BCUT2D eigenvalue weighted by Gasteiger charge is -2.37. The Hall–Kier alpha value is -2.39. The molecule has 3 heterocycles. The number of amides is 1. The number of hydrogen-bond donors (Lipinski definition) is 0. The fraction of sp³-hybridized carbons (Fsp3) is 0.375. The number of rotatable bonds is 5. The molecule has 1 amide bonds. The van der Waals surface area contributed by atoms with Crippen molar-refractivity contribution in [2.45, 2.75) is 30.7 Å². The number of likely N-dealkylation sites (tertiary alicyclic amines) is 1. The Bertz CT molecular complexity index is 1130. The molecule has 0 unspecified atom stereocenters. The topological polar surface area (TPSA) is 69.5 Å². The normalized spacial score (nSPS) is 17.6. The molecule has 2 aliphatic rings. The van der Waals surface area contributed by atoms with E-state index in [0.29, 0.717) is 55.1 Å².